The molecule has 0 aliphatic carbocycles. The van der Waals surface area contributed by atoms with E-state index in [0.29, 0.717) is 19.1 Å². The van der Waals surface area contributed by atoms with Crippen molar-refractivity contribution in [1.82, 2.24) is 9.80 Å². The zero-order chi connectivity index (χ0) is 20.7. The summed E-state index contributed by atoms with van der Waals surface area (Å²) >= 11 is 0. The molecule has 1 fully saturated rings. The predicted octanol–water partition coefficient (Wildman–Crippen LogP) is 5.04. The van der Waals surface area contributed by atoms with Crippen LogP contribution in [-0.2, 0) is 4.74 Å². The van der Waals surface area contributed by atoms with E-state index in [1.54, 1.807) is 0 Å². The highest BCUT2D eigenvalue weighted by molar-refractivity contribution is 5.68. The number of nitrogens with zero attached hydrogens (tertiary/aromatic N) is 3. The molecule has 1 aliphatic heterocycles. The van der Waals surface area contributed by atoms with Gasteiger partial charge in [-0.1, -0.05) is 38.3 Å². The highest BCUT2D eigenvalue weighted by atomic mass is 16.6. The molecule has 0 bridgehead atoms. The summed E-state index contributed by atoms with van der Waals surface area (Å²) in [5, 5.41) is 9.22. The number of hydrogen-bond acceptors (Lipinski definition) is 4. The third-order valence-corrected chi connectivity index (χ3v) is 5.24. The molecule has 1 aliphatic rings. The summed E-state index contributed by atoms with van der Waals surface area (Å²) in [4.78, 5) is 16.6. The normalized spacial score (nSPS) is 16.5. The van der Waals surface area contributed by atoms with Crippen LogP contribution in [0.4, 0.5) is 4.79 Å². The van der Waals surface area contributed by atoms with Gasteiger partial charge in [-0.3, -0.25) is 4.90 Å². The molecule has 1 atom stereocenters. The molecule has 1 amide bonds. The van der Waals surface area contributed by atoms with Crippen LogP contribution in [0, 0.1) is 18.3 Å². The lowest BCUT2D eigenvalue weighted by molar-refractivity contribution is 0.00960. The Morgan fingerprint density at radius 1 is 1.21 bits per heavy atom. The van der Waals surface area contributed by atoms with Crippen molar-refractivity contribution in [1.29, 1.82) is 5.26 Å². The van der Waals surface area contributed by atoms with Crippen molar-refractivity contribution in [2.75, 3.05) is 26.2 Å². The van der Waals surface area contributed by atoms with E-state index in [4.69, 9.17) is 4.74 Å². The van der Waals surface area contributed by atoms with Crippen LogP contribution in [0.5, 0.6) is 0 Å². The van der Waals surface area contributed by atoms with Gasteiger partial charge in [0.1, 0.15) is 5.60 Å². The van der Waals surface area contributed by atoms with E-state index < -0.39 is 5.60 Å². The number of rotatable bonds is 6. The molecule has 1 aromatic rings. The summed E-state index contributed by atoms with van der Waals surface area (Å²) in [6, 6.07) is 8.79. The second kappa shape index (κ2) is 9.93. The number of aryl methyl sites for hydroxylation is 1. The fraction of sp³-hybridized carbons (Fsp3) is 0.652. The van der Waals surface area contributed by atoms with Crippen LogP contribution in [0.1, 0.15) is 76.1 Å². The van der Waals surface area contributed by atoms with Gasteiger partial charge in [0.25, 0.3) is 0 Å². The molecule has 1 aromatic carbocycles. The molecule has 5 nitrogen and oxygen atoms in total. The topological polar surface area (TPSA) is 56.6 Å². The third kappa shape index (κ3) is 6.24. The Morgan fingerprint density at radius 2 is 1.89 bits per heavy atom. The molecule has 28 heavy (non-hydrogen) atoms. The molecule has 2 rings (SSSR count). The van der Waals surface area contributed by atoms with Crippen LogP contribution < -0.4 is 0 Å². The Morgan fingerprint density at radius 3 is 2.43 bits per heavy atom. The van der Waals surface area contributed by atoms with Gasteiger partial charge in [0.2, 0.25) is 0 Å². The standard InChI is InChI=1S/C23H35N3O2/c1-6-7-8-9-21(19-10-11-20(17-24)18(2)16-19)25-12-14-26(15-13-25)22(27)28-23(3,4)5/h10-11,16,21H,6-9,12-15H2,1-5H3. The van der Waals surface area contributed by atoms with Gasteiger partial charge < -0.3 is 9.64 Å². The fourth-order valence-electron chi connectivity index (χ4n) is 3.71. The van der Waals surface area contributed by atoms with Crippen LogP contribution >= 0.6 is 0 Å². The van der Waals surface area contributed by atoms with E-state index in [0.717, 1.165) is 30.6 Å². The lowest BCUT2D eigenvalue weighted by atomic mass is 9.95. The van der Waals surface area contributed by atoms with Crippen molar-refractivity contribution >= 4 is 6.09 Å². The smallest absolute Gasteiger partial charge is 0.410 e. The molecule has 0 saturated carbocycles. The van der Waals surface area contributed by atoms with Crippen molar-refractivity contribution in [3.05, 3.63) is 34.9 Å². The van der Waals surface area contributed by atoms with Crippen LogP contribution in [0.15, 0.2) is 18.2 Å². The number of amides is 1. The maximum atomic E-state index is 12.3. The molecule has 1 saturated heterocycles. The van der Waals surface area contributed by atoms with Gasteiger partial charge in [0.05, 0.1) is 11.6 Å². The van der Waals surface area contributed by atoms with Crippen LogP contribution in [0.25, 0.3) is 0 Å². The Balaban J connectivity index is 2.08. The second-order valence-corrected chi connectivity index (χ2v) is 8.70. The first-order valence-corrected chi connectivity index (χ1v) is 10.5. The minimum Gasteiger partial charge on any atom is -0.444 e. The zero-order valence-electron chi connectivity index (χ0n) is 18.1. The van der Waals surface area contributed by atoms with Crippen molar-refractivity contribution in [3.8, 4) is 6.07 Å². The van der Waals surface area contributed by atoms with Crippen molar-refractivity contribution < 1.29 is 9.53 Å². The summed E-state index contributed by atoms with van der Waals surface area (Å²) in [5.41, 5.74) is 2.59. The van der Waals surface area contributed by atoms with E-state index >= 15 is 0 Å². The molecule has 5 heteroatoms. The lowest BCUT2D eigenvalue weighted by Crippen LogP contribution is -2.50. The van der Waals surface area contributed by atoms with Gasteiger partial charge in [0, 0.05) is 32.2 Å². The zero-order valence-corrected chi connectivity index (χ0v) is 18.1. The molecule has 1 heterocycles. The Kier molecular flexibility index (Phi) is 7.88. The minimum atomic E-state index is -0.461. The van der Waals surface area contributed by atoms with Gasteiger partial charge in [-0.05, 0) is 51.3 Å². The van der Waals surface area contributed by atoms with Crippen molar-refractivity contribution in [2.45, 2.75) is 71.9 Å². The first-order chi connectivity index (χ1) is 13.2. The Hall–Kier alpha value is -2.06. The number of unbranched alkanes of at least 4 members (excludes halogenated alkanes) is 2. The second-order valence-electron chi connectivity index (χ2n) is 8.70. The number of benzene rings is 1. The average Bonchev–Trinajstić information content (AvgIpc) is 2.64. The number of hydrogen-bond donors (Lipinski definition) is 0. The van der Waals surface area contributed by atoms with E-state index in [-0.39, 0.29) is 6.09 Å². The first-order valence-electron chi connectivity index (χ1n) is 10.5. The molecule has 0 radical (unpaired) electrons. The van der Waals surface area contributed by atoms with Gasteiger partial charge >= 0.3 is 6.09 Å². The molecule has 154 valence electrons. The quantitative estimate of drug-likeness (QED) is 0.644. The summed E-state index contributed by atoms with van der Waals surface area (Å²) in [5.74, 6) is 0. The molecule has 0 N–H and O–H groups in total. The molecule has 0 aromatic heterocycles. The Bertz CT molecular complexity index is 695. The van der Waals surface area contributed by atoms with Crippen molar-refractivity contribution in [3.63, 3.8) is 0 Å². The van der Waals surface area contributed by atoms with E-state index in [1.807, 2.05) is 38.7 Å². The minimum absolute atomic E-state index is 0.219. The molecule has 1 unspecified atom stereocenters. The van der Waals surface area contributed by atoms with Crippen LogP contribution in [0.3, 0.4) is 0 Å². The summed E-state index contributed by atoms with van der Waals surface area (Å²) in [6.07, 6.45) is 4.50. The van der Waals surface area contributed by atoms with Crippen LogP contribution in [0.2, 0.25) is 0 Å². The first kappa shape index (κ1) is 22.2. The van der Waals surface area contributed by atoms with E-state index in [9.17, 15) is 10.1 Å². The number of carbonyl (C=O) groups is 1. The monoisotopic (exact) mass is 385 g/mol. The van der Waals surface area contributed by atoms with Gasteiger partial charge in [-0.2, -0.15) is 5.26 Å². The maximum absolute atomic E-state index is 12.3. The van der Waals surface area contributed by atoms with Gasteiger partial charge in [0.15, 0.2) is 0 Å². The predicted molar refractivity (Wildman–Crippen MR) is 112 cm³/mol. The highest BCUT2D eigenvalue weighted by Crippen LogP contribution is 2.29. The summed E-state index contributed by atoms with van der Waals surface area (Å²) in [7, 11) is 0. The largest absolute Gasteiger partial charge is 0.444 e. The Labute approximate surface area is 170 Å². The number of nitriles is 1. The van der Waals surface area contributed by atoms with Gasteiger partial charge in [-0.15, -0.1) is 0 Å². The maximum Gasteiger partial charge on any atom is 0.410 e. The number of ether oxygens (including phenoxy) is 1. The van der Waals surface area contributed by atoms with Crippen LogP contribution in [-0.4, -0.2) is 47.7 Å². The fourth-order valence-corrected chi connectivity index (χ4v) is 3.71. The SMILES string of the molecule is CCCCCC(c1ccc(C#N)c(C)c1)N1CCN(C(=O)OC(C)(C)C)CC1. The highest BCUT2D eigenvalue weighted by Gasteiger charge is 2.29. The van der Waals surface area contributed by atoms with Gasteiger partial charge in [-0.25, -0.2) is 4.79 Å². The average molecular weight is 386 g/mol. The van der Waals surface area contributed by atoms with E-state index in [1.165, 1.54) is 24.8 Å². The molecule has 0 spiro atoms. The van der Waals surface area contributed by atoms with E-state index in [2.05, 4.69) is 30.0 Å². The molecular formula is C23H35N3O2. The van der Waals surface area contributed by atoms with Crippen molar-refractivity contribution in [2.24, 2.45) is 0 Å². The number of piperazine rings is 1. The molecular weight excluding hydrogens is 350 g/mol. The third-order valence-electron chi connectivity index (χ3n) is 5.24. The lowest BCUT2D eigenvalue weighted by Gasteiger charge is -2.40. The summed E-state index contributed by atoms with van der Waals surface area (Å²) in [6.45, 7) is 13.0. The summed E-state index contributed by atoms with van der Waals surface area (Å²) < 4.78 is 5.52. The number of carbonyl (C=O) groups excluding carboxylic acids is 1.